The van der Waals surface area contributed by atoms with Gasteiger partial charge in [0.15, 0.2) is 0 Å². The first kappa shape index (κ1) is 24.4. The maximum Gasteiger partial charge on any atom is 0.449 e. The molecule has 0 heterocycles. The molecule has 0 aromatic carbocycles. The third kappa shape index (κ3) is 13.3. The van der Waals surface area contributed by atoms with Gasteiger partial charge in [0.2, 0.25) is 0 Å². The Morgan fingerprint density at radius 1 is 1.16 bits per heavy atom. The lowest BCUT2D eigenvalue weighted by molar-refractivity contribution is 0.133. The van der Waals surface area contributed by atoms with Crippen LogP contribution in [0.15, 0.2) is 5.16 Å². The molecule has 0 fully saturated rings. The van der Waals surface area contributed by atoms with Gasteiger partial charge in [0.1, 0.15) is 0 Å². The number of unbranched alkanes of at least 4 members (excludes halogenated alkanes) is 7. The molecule has 1 atom stereocenters. The van der Waals surface area contributed by atoms with Crippen LogP contribution in [0.2, 0.25) is 0 Å². The summed E-state index contributed by atoms with van der Waals surface area (Å²) in [5, 5.41) is 3.64. The van der Waals surface area contributed by atoms with E-state index in [9.17, 15) is 9.00 Å². The first-order valence-corrected chi connectivity index (χ1v) is 11.2. The maximum atomic E-state index is 11.9. The number of amides is 1. The van der Waals surface area contributed by atoms with Crippen LogP contribution in [-0.4, -0.2) is 45.5 Å². The fourth-order valence-corrected chi connectivity index (χ4v) is 2.54. The van der Waals surface area contributed by atoms with Crippen molar-refractivity contribution in [3.8, 4) is 0 Å². The van der Waals surface area contributed by atoms with Crippen molar-refractivity contribution in [2.24, 2.45) is 5.16 Å². The van der Waals surface area contributed by atoms with Gasteiger partial charge in [0, 0.05) is 11.8 Å². The van der Waals surface area contributed by atoms with Gasteiger partial charge < -0.3 is 0 Å². The summed E-state index contributed by atoms with van der Waals surface area (Å²) < 4.78 is 17.7. The molecule has 0 aliphatic rings. The Kier molecular flexibility index (Phi) is 14.2. The van der Waals surface area contributed by atoms with Gasteiger partial charge in [-0.05, 0) is 26.5 Å². The van der Waals surface area contributed by atoms with Crippen molar-refractivity contribution in [3.05, 3.63) is 0 Å². The molecule has 148 valence electrons. The predicted octanol–water partition coefficient (Wildman–Crippen LogP) is 4.92. The van der Waals surface area contributed by atoms with Gasteiger partial charge in [-0.3, -0.25) is 9.02 Å². The lowest BCUT2D eigenvalue weighted by Gasteiger charge is -2.15. The first-order valence-electron chi connectivity index (χ1n) is 8.93. The highest BCUT2D eigenvalue weighted by Gasteiger charge is 2.19. The molecular formula is C17H34N2O4S2. The van der Waals surface area contributed by atoms with Gasteiger partial charge >= 0.3 is 6.09 Å². The van der Waals surface area contributed by atoms with Crippen molar-refractivity contribution >= 4 is 35.3 Å². The zero-order chi connectivity index (χ0) is 19.1. The monoisotopic (exact) mass is 394 g/mol. The van der Waals surface area contributed by atoms with E-state index in [1.165, 1.54) is 45.4 Å². The lowest BCUT2D eigenvalue weighted by atomic mass is 10.1. The van der Waals surface area contributed by atoms with Crippen LogP contribution in [0, 0.1) is 0 Å². The fraction of sp³-hybridized carbons (Fsp3) is 0.882. The van der Waals surface area contributed by atoms with E-state index in [4.69, 9.17) is 9.02 Å². The summed E-state index contributed by atoms with van der Waals surface area (Å²) in [5.74, 6) is 0. The molecule has 0 saturated carbocycles. The predicted molar refractivity (Wildman–Crippen MR) is 107 cm³/mol. The Hall–Kier alpha value is -0.600. The quantitative estimate of drug-likeness (QED) is 0.181. The summed E-state index contributed by atoms with van der Waals surface area (Å²) in [4.78, 5) is 16.5. The van der Waals surface area contributed by atoms with Gasteiger partial charge in [0.25, 0.3) is 11.3 Å². The van der Waals surface area contributed by atoms with Crippen LogP contribution in [-0.2, 0) is 20.3 Å². The summed E-state index contributed by atoms with van der Waals surface area (Å²) in [5.41, 5.74) is 0. The Labute approximate surface area is 159 Å². The zero-order valence-corrected chi connectivity index (χ0v) is 17.9. The van der Waals surface area contributed by atoms with Crippen molar-refractivity contribution in [1.29, 1.82) is 0 Å². The van der Waals surface area contributed by atoms with Crippen molar-refractivity contribution in [2.45, 2.75) is 76.9 Å². The minimum atomic E-state index is -1.85. The third-order valence-electron chi connectivity index (χ3n) is 3.68. The highest BCUT2D eigenvalue weighted by molar-refractivity contribution is 8.00. The minimum Gasteiger partial charge on any atom is -0.297 e. The van der Waals surface area contributed by atoms with Crippen LogP contribution in [0.4, 0.5) is 4.79 Å². The lowest BCUT2D eigenvalue weighted by Crippen LogP contribution is -2.30. The summed E-state index contributed by atoms with van der Waals surface area (Å²) in [6.07, 6.45) is 12.1. The van der Waals surface area contributed by atoms with Gasteiger partial charge in [-0.15, -0.1) is 0 Å². The number of carbonyl (C=O) groups excluding carboxylic acids is 1. The average molecular weight is 395 g/mol. The number of hydrogen-bond donors (Lipinski definition) is 0. The molecule has 0 rings (SSSR count). The second-order valence-corrected chi connectivity index (χ2v) is 9.09. The molecule has 25 heavy (non-hydrogen) atoms. The van der Waals surface area contributed by atoms with E-state index in [0.717, 1.165) is 23.6 Å². The molecule has 0 saturated heterocycles. The Balaban J connectivity index is 3.82. The summed E-state index contributed by atoms with van der Waals surface area (Å²) in [6.45, 7) is 6.47. The summed E-state index contributed by atoms with van der Waals surface area (Å²) in [7, 11) is 1.36. The number of rotatable bonds is 14. The molecule has 0 radical (unpaired) electrons. The van der Waals surface area contributed by atoms with Gasteiger partial charge in [0.05, 0.1) is 12.8 Å². The van der Waals surface area contributed by atoms with Crippen molar-refractivity contribution in [3.63, 3.8) is 0 Å². The van der Waals surface area contributed by atoms with E-state index in [0.29, 0.717) is 6.61 Å². The van der Waals surface area contributed by atoms with E-state index < -0.39 is 17.4 Å². The number of oxime groups is 1. The normalized spacial score (nSPS) is 13.2. The number of carbonyl (C=O) groups is 1. The zero-order valence-electron chi connectivity index (χ0n) is 16.3. The van der Waals surface area contributed by atoms with E-state index in [-0.39, 0.29) is 4.75 Å². The standard InChI is InChI=1S/C17H34N2O4S2/c1-6-7-8-9-10-11-12-13-14-22-25(21)19(4)16(20)23-18-15-17(2,3)24-5/h15H,6-14H2,1-5H3. The molecule has 0 aromatic rings. The molecule has 6 nitrogen and oxygen atoms in total. The molecule has 1 unspecified atom stereocenters. The second kappa shape index (κ2) is 14.6. The van der Waals surface area contributed by atoms with Crippen LogP contribution in [0.1, 0.15) is 72.1 Å². The average Bonchev–Trinajstić information content (AvgIpc) is 2.59. The topological polar surface area (TPSA) is 68.2 Å². The van der Waals surface area contributed by atoms with E-state index in [2.05, 4.69) is 12.1 Å². The van der Waals surface area contributed by atoms with Gasteiger partial charge in [-0.1, -0.05) is 57.0 Å². The number of nitrogens with zero attached hydrogens (tertiary/aromatic N) is 2. The molecule has 0 aliphatic carbocycles. The van der Waals surface area contributed by atoms with Gasteiger partial charge in [-0.25, -0.2) is 13.3 Å². The van der Waals surface area contributed by atoms with Crippen LogP contribution in [0.3, 0.4) is 0 Å². The number of hydrogen-bond acceptors (Lipinski definition) is 6. The molecule has 1 amide bonds. The highest BCUT2D eigenvalue weighted by Crippen LogP contribution is 2.18. The Morgan fingerprint density at radius 3 is 2.28 bits per heavy atom. The fourth-order valence-electron chi connectivity index (χ4n) is 1.81. The van der Waals surface area contributed by atoms with Gasteiger partial charge in [-0.2, -0.15) is 11.8 Å². The van der Waals surface area contributed by atoms with E-state index >= 15 is 0 Å². The van der Waals surface area contributed by atoms with Crippen molar-refractivity contribution < 1.29 is 18.0 Å². The maximum absolute atomic E-state index is 11.9. The third-order valence-corrected chi connectivity index (χ3v) is 5.81. The molecular weight excluding hydrogens is 360 g/mol. The molecule has 0 aliphatic heterocycles. The first-order chi connectivity index (χ1) is 11.8. The summed E-state index contributed by atoms with van der Waals surface area (Å²) >= 11 is -0.276. The smallest absolute Gasteiger partial charge is 0.297 e. The Morgan fingerprint density at radius 2 is 1.72 bits per heavy atom. The summed E-state index contributed by atoms with van der Waals surface area (Å²) in [6, 6.07) is 0. The minimum absolute atomic E-state index is 0.231. The van der Waals surface area contributed by atoms with Crippen LogP contribution >= 0.6 is 11.8 Å². The van der Waals surface area contributed by atoms with Crippen molar-refractivity contribution in [1.82, 2.24) is 4.31 Å². The Bertz CT molecular complexity index is 417. The molecule has 0 spiro atoms. The molecule has 0 N–H and O–H groups in total. The number of thioether (sulfide) groups is 1. The molecule has 0 aromatic heterocycles. The van der Waals surface area contributed by atoms with Crippen LogP contribution in [0.5, 0.6) is 0 Å². The molecule has 0 bridgehead atoms. The van der Waals surface area contributed by atoms with Crippen molar-refractivity contribution in [2.75, 3.05) is 19.9 Å². The SMILES string of the molecule is CCCCCCCCCCOS(=O)N(C)C(=O)ON=CC(C)(C)SC. The second-order valence-electron chi connectivity index (χ2n) is 6.41. The van der Waals surface area contributed by atoms with E-state index in [1.807, 2.05) is 20.1 Å². The van der Waals surface area contributed by atoms with Crippen LogP contribution in [0.25, 0.3) is 0 Å². The largest absolute Gasteiger partial charge is 0.449 e. The van der Waals surface area contributed by atoms with E-state index in [1.54, 1.807) is 11.8 Å². The highest BCUT2D eigenvalue weighted by atomic mass is 32.2. The van der Waals surface area contributed by atoms with Crippen LogP contribution < -0.4 is 0 Å². The molecule has 8 heteroatoms.